The summed E-state index contributed by atoms with van der Waals surface area (Å²) in [6, 6.07) is 73.1. The van der Waals surface area contributed by atoms with E-state index in [1.165, 1.54) is 70.2 Å². The van der Waals surface area contributed by atoms with Gasteiger partial charge < -0.3 is 9.32 Å². The number of hydrogen-bond acceptors (Lipinski definition) is 3. The SMILES string of the molecule is CC1(C)c2ccccc2-c2ccc(N(c3ccc(-c4ccccc4)cc3)c3ccc(-c4cc(-c5cccc6c5oc5ccccc56)c5sc6ccccc6c5c4)cc3)cc21. The number of thiophene rings is 1. The zero-order valence-electron chi connectivity index (χ0n) is 33.3. The molecule has 2 nitrogen and oxygen atoms in total. The van der Waals surface area contributed by atoms with E-state index in [0.29, 0.717) is 0 Å². The summed E-state index contributed by atoms with van der Waals surface area (Å²) in [5.74, 6) is 0. The van der Waals surface area contributed by atoms with Gasteiger partial charge in [-0.15, -0.1) is 11.3 Å². The molecule has 1 aliphatic rings. The van der Waals surface area contributed by atoms with Crippen LogP contribution in [0.25, 0.3) is 86.6 Å². The summed E-state index contributed by atoms with van der Waals surface area (Å²) in [6.45, 7) is 4.71. The number of furan rings is 1. The van der Waals surface area contributed by atoms with Crippen LogP contribution in [-0.4, -0.2) is 0 Å². The third kappa shape index (κ3) is 5.40. The van der Waals surface area contributed by atoms with Crippen LogP contribution in [0, 0.1) is 0 Å². The van der Waals surface area contributed by atoms with Gasteiger partial charge in [-0.05, 0) is 105 Å². The van der Waals surface area contributed by atoms with E-state index in [0.717, 1.165) is 44.6 Å². The van der Waals surface area contributed by atoms with E-state index in [-0.39, 0.29) is 5.41 Å². The molecule has 0 radical (unpaired) electrons. The molecule has 0 saturated heterocycles. The minimum absolute atomic E-state index is 0.108. The Morgan fingerprint density at radius 2 is 1.00 bits per heavy atom. The van der Waals surface area contributed by atoms with Gasteiger partial charge in [0.25, 0.3) is 0 Å². The average molecular weight is 786 g/mol. The molecule has 2 heterocycles. The molecular formula is C57H39NOS. The molecule has 0 aliphatic heterocycles. The first-order valence-electron chi connectivity index (χ1n) is 20.7. The molecule has 11 aromatic rings. The van der Waals surface area contributed by atoms with E-state index in [1.807, 2.05) is 17.4 Å². The Morgan fingerprint density at radius 1 is 0.400 bits per heavy atom. The zero-order valence-corrected chi connectivity index (χ0v) is 34.1. The molecule has 1 aliphatic carbocycles. The highest BCUT2D eigenvalue weighted by Gasteiger charge is 2.35. The monoisotopic (exact) mass is 785 g/mol. The molecule has 2 aromatic heterocycles. The van der Waals surface area contributed by atoms with Gasteiger partial charge >= 0.3 is 0 Å². The highest BCUT2D eigenvalue weighted by molar-refractivity contribution is 7.26. The highest BCUT2D eigenvalue weighted by atomic mass is 32.1. The van der Waals surface area contributed by atoms with Crippen LogP contribution in [0.1, 0.15) is 25.0 Å². The van der Waals surface area contributed by atoms with Crippen LogP contribution in [0.2, 0.25) is 0 Å². The number of para-hydroxylation sites is 2. The second-order valence-corrected chi connectivity index (χ2v) is 17.5. The molecule has 284 valence electrons. The Hall–Kier alpha value is -7.20. The lowest BCUT2D eigenvalue weighted by Gasteiger charge is -2.28. The van der Waals surface area contributed by atoms with Crippen molar-refractivity contribution in [2.45, 2.75) is 19.3 Å². The van der Waals surface area contributed by atoms with E-state index in [4.69, 9.17) is 4.42 Å². The molecule has 0 bridgehead atoms. The van der Waals surface area contributed by atoms with Gasteiger partial charge in [0, 0.05) is 64.5 Å². The molecular weight excluding hydrogens is 747 g/mol. The molecule has 0 spiro atoms. The number of benzene rings is 9. The number of anilines is 3. The molecule has 3 heteroatoms. The Morgan fingerprint density at radius 3 is 1.80 bits per heavy atom. The summed E-state index contributed by atoms with van der Waals surface area (Å²) < 4.78 is 9.18. The summed E-state index contributed by atoms with van der Waals surface area (Å²) >= 11 is 1.86. The Kier molecular flexibility index (Phi) is 7.79. The average Bonchev–Trinajstić information content (AvgIpc) is 3.95. The molecule has 0 amide bonds. The minimum Gasteiger partial charge on any atom is -0.455 e. The van der Waals surface area contributed by atoms with E-state index in [2.05, 4.69) is 213 Å². The summed E-state index contributed by atoms with van der Waals surface area (Å²) in [6.07, 6.45) is 0. The van der Waals surface area contributed by atoms with Gasteiger partial charge in [-0.25, -0.2) is 0 Å². The van der Waals surface area contributed by atoms with Crippen LogP contribution in [0.5, 0.6) is 0 Å². The maximum atomic E-state index is 6.62. The molecule has 0 unspecified atom stereocenters. The van der Waals surface area contributed by atoms with E-state index < -0.39 is 0 Å². The molecule has 0 saturated carbocycles. The smallest absolute Gasteiger partial charge is 0.143 e. The third-order valence-electron chi connectivity index (χ3n) is 12.7. The lowest BCUT2D eigenvalue weighted by molar-refractivity contribution is 0.660. The quantitative estimate of drug-likeness (QED) is 0.167. The molecule has 9 aromatic carbocycles. The minimum atomic E-state index is -0.108. The van der Waals surface area contributed by atoms with Crippen LogP contribution in [0.4, 0.5) is 17.1 Å². The standard InChI is InChI=1S/C57H39NOS/c1-57(2)51-20-9-6-15-43(51)44-32-31-42(35-52(44)57)58(40-27-23-37(24-28-40)36-13-4-3-5-14-36)41-29-25-38(26-30-41)39-33-49-46-17-8-11-22-54(46)60-56(49)50(34-39)48-19-12-18-47-45-16-7-10-21-53(45)59-55(47)48/h3-35H,1-2H3. The van der Waals surface area contributed by atoms with Gasteiger partial charge in [0.15, 0.2) is 0 Å². The van der Waals surface area contributed by atoms with Gasteiger partial charge in [-0.1, -0.05) is 153 Å². The topological polar surface area (TPSA) is 16.4 Å². The number of hydrogen-bond donors (Lipinski definition) is 0. The van der Waals surface area contributed by atoms with Gasteiger partial charge in [0.2, 0.25) is 0 Å². The molecule has 12 rings (SSSR count). The zero-order chi connectivity index (χ0) is 40.0. The van der Waals surface area contributed by atoms with Gasteiger partial charge in [0.05, 0.1) is 0 Å². The van der Waals surface area contributed by atoms with E-state index >= 15 is 0 Å². The first-order valence-corrected chi connectivity index (χ1v) is 21.5. The molecule has 0 atom stereocenters. The lowest BCUT2D eigenvalue weighted by Crippen LogP contribution is -2.16. The van der Waals surface area contributed by atoms with Crippen LogP contribution in [0.3, 0.4) is 0 Å². The van der Waals surface area contributed by atoms with Crippen LogP contribution >= 0.6 is 11.3 Å². The predicted molar refractivity (Wildman–Crippen MR) is 255 cm³/mol. The van der Waals surface area contributed by atoms with Crippen molar-refractivity contribution in [1.29, 1.82) is 0 Å². The van der Waals surface area contributed by atoms with E-state index in [9.17, 15) is 0 Å². The van der Waals surface area contributed by atoms with Crippen molar-refractivity contribution in [3.8, 4) is 44.5 Å². The van der Waals surface area contributed by atoms with E-state index in [1.54, 1.807) is 0 Å². The molecule has 0 N–H and O–H groups in total. The van der Waals surface area contributed by atoms with Crippen molar-refractivity contribution in [1.82, 2.24) is 0 Å². The normalized spacial score (nSPS) is 13.0. The van der Waals surface area contributed by atoms with Crippen molar-refractivity contribution in [2.24, 2.45) is 0 Å². The van der Waals surface area contributed by atoms with Crippen molar-refractivity contribution < 1.29 is 4.42 Å². The fraction of sp³-hybridized carbons (Fsp3) is 0.0526. The maximum absolute atomic E-state index is 6.62. The predicted octanol–water partition coefficient (Wildman–Crippen LogP) is 16.7. The van der Waals surface area contributed by atoms with Gasteiger partial charge in [-0.3, -0.25) is 0 Å². The van der Waals surface area contributed by atoms with Gasteiger partial charge in [-0.2, -0.15) is 0 Å². The number of nitrogens with zero attached hydrogens (tertiary/aromatic N) is 1. The Balaban J connectivity index is 1.00. The summed E-state index contributed by atoms with van der Waals surface area (Å²) in [5.41, 5.74) is 17.5. The molecule has 60 heavy (non-hydrogen) atoms. The number of rotatable bonds is 6. The summed E-state index contributed by atoms with van der Waals surface area (Å²) in [5, 5.41) is 4.83. The van der Waals surface area contributed by atoms with Crippen LogP contribution in [-0.2, 0) is 5.41 Å². The Bertz CT molecular complexity index is 3440. The third-order valence-corrected chi connectivity index (χ3v) is 13.9. The highest BCUT2D eigenvalue weighted by Crippen LogP contribution is 2.51. The summed E-state index contributed by atoms with van der Waals surface area (Å²) in [4.78, 5) is 2.40. The number of fused-ring (bicyclic) bond motifs is 9. The lowest BCUT2D eigenvalue weighted by atomic mass is 9.82. The fourth-order valence-corrected chi connectivity index (χ4v) is 10.9. The molecule has 0 fully saturated rings. The van der Waals surface area contributed by atoms with Crippen molar-refractivity contribution >= 4 is 70.5 Å². The van der Waals surface area contributed by atoms with Crippen molar-refractivity contribution in [3.05, 3.63) is 211 Å². The maximum Gasteiger partial charge on any atom is 0.143 e. The van der Waals surface area contributed by atoms with Crippen LogP contribution in [0.15, 0.2) is 205 Å². The van der Waals surface area contributed by atoms with Crippen molar-refractivity contribution in [3.63, 3.8) is 0 Å². The van der Waals surface area contributed by atoms with Crippen molar-refractivity contribution in [2.75, 3.05) is 4.90 Å². The van der Waals surface area contributed by atoms with Gasteiger partial charge in [0.1, 0.15) is 11.2 Å². The first kappa shape index (κ1) is 34.8. The first-order chi connectivity index (χ1) is 29.5. The second-order valence-electron chi connectivity index (χ2n) is 16.5. The second kappa shape index (κ2) is 13.4. The van der Waals surface area contributed by atoms with Crippen LogP contribution < -0.4 is 4.90 Å². The summed E-state index contributed by atoms with van der Waals surface area (Å²) in [7, 11) is 0. The fourth-order valence-electron chi connectivity index (χ4n) is 9.67. The largest absolute Gasteiger partial charge is 0.455 e. The Labute approximate surface area is 353 Å².